The summed E-state index contributed by atoms with van der Waals surface area (Å²) >= 11 is 6.39. The van der Waals surface area contributed by atoms with E-state index in [1.54, 1.807) is 6.92 Å². The summed E-state index contributed by atoms with van der Waals surface area (Å²) in [6.45, 7) is 7.51. The minimum Gasteiger partial charge on any atom is -0.530 e. The number of amides is 1. The lowest BCUT2D eigenvalue weighted by Gasteiger charge is -2.13. The van der Waals surface area contributed by atoms with Gasteiger partial charge in [-0.1, -0.05) is 18.5 Å². The van der Waals surface area contributed by atoms with Gasteiger partial charge >= 0.3 is 0 Å². The molecule has 2 N–H and O–H groups in total. The van der Waals surface area contributed by atoms with Crippen molar-refractivity contribution in [3.63, 3.8) is 0 Å². The third-order valence-electron chi connectivity index (χ3n) is 5.42. The van der Waals surface area contributed by atoms with Crippen molar-refractivity contribution in [2.24, 2.45) is 11.8 Å². The monoisotopic (exact) mass is 365 g/mol. The maximum absolute atomic E-state index is 9.38. The summed E-state index contributed by atoms with van der Waals surface area (Å²) in [5.74, 6) is 3.68. The first-order chi connectivity index (χ1) is 12.0. The minimum atomic E-state index is -1.21. The predicted octanol–water partition coefficient (Wildman–Crippen LogP) is 2.49. The van der Waals surface area contributed by atoms with E-state index in [2.05, 4.69) is 24.4 Å². The fraction of sp³-hybridized carbons (Fsp3) is 0.632. The van der Waals surface area contributed by atoms with E-state index in [-0.39, 0.29) is 0 Å². The van der Waals surface area contributed by atoms with Crippen molar-refractivity contribution in [1.82, 2.24) is 10.6 Å². The Hall–Kier alpha value is -1.46. The van der Waals surface area contributed by atoms with E-state index >= 15 is 0 Å². The van der Waals surface area contributed by atoms with E-state index in [9.17, 15) is 9.90 Å². The van der Waals surface area contributed by atoms with Crippen LogP contribution in [0.3, 0.4) is 0 Å². The number of carbonyl (C=O) groups is 1. The van der Waals surface area contributed by atoms with Crippen LogP contribution in [0, 0.1) is 11.8 Å². The second-order valence-corrected chi connectivity index (χ2v) is 7.61. The first-order valence-electron chi connectivity index (χ1n) is 9.13. The lowest BCUT2D eigenvalue weighted by Crippen LogP contribution is -2.35. The molecule has 4 rings (SSSR count). The second-order valence-electron chi connectivity index (χ2n) is 7.20. The van der Waals surface area contributed by atoms with Crippen LogP contribution in [0.2, 0.25) is 5.02 Å². The molecule has 3 unspecified atom stereocenters. The zero-order valence-corrected chi connectivity index (χ0v) is 15.6. The fourth-order valence-electron chi connectivity index (χ4n) is 3.84. The van der Waals surface area contributed by atoms with Gasteiger partial charge in [-0.15, -0.1) is 0 Å². The molecule has 1 aliphatic heterocycles. The van der Waals surface area contributed by atoms with Crippen LogP contribution >= 0.6 is 11.6 Å². The van der Waals surface area contributed by atoms with E-state index < -0.39 is 6.09 Å². The van der Waals surface area contributed by atoms with Crippen LogP contribution in [0.1, 0.15) is 49.7 Å². The van der Waals surface area contributed by atoms with E-state index in [0.29, 0.717) is 18.4 Å². The minimum absolute atomic E-state index is 0.419. The summed E-state index contributed by atoms with van der Waals surface area (Å²) in [4.78, 5) is 9.38. The number of nitrogens with one attached hydrogen (secondary N) is 2. The normalized spacial score (nSPS) is 26.3. The van der Waals surface area contributed by atoms with Gasteiger partial charge in [-0.2, -0.15) is 0 Å². The number of ether oxygens (including phenoxy) is 1. The topological polar surface area (TPSA) is 73.4 Å². The van der Waals surface area contributed by atoms with Gasteiger partial charge in [0.25, 0.3) is 0 Å². The van der Waals surface area contributed by atoms with Gasteiger partial charge in [0.15, 0.2) is 0 Å². The van der Waals surface area contributed by atoms with Gasteiger partial charge in [0.1, 0.15) is 11.8 Å². The van der Waals surface area contributed by atoms with E-state index in [0.717, 1.165) is 42.3 Å². The predicted molar refractivity (Wildman–Crippen MR) is 96.3 cm³/mol. The standard InChI is InChI=1S/C16H20ClNO.C3H7NO2/c1-9-11-4-15(17)16(19-8-10-2-3-10)5-12(11)14-7-18-6-13(9)14;1-2-4-3(5)6/h4-5,9-10,13-14,18H,2-3,6-8H2,1H3;4H,2H2,1H3,(H,5,6)/p-1. The number of benzene rings is 1. The highest BCUT2D eigenvalue weighted by Crippen LogP contribution is 2.50. The van der Waals surface area contributed by atoms with Crippen LogP contribution in [0.25, 0.3) is 0 Å². The molecule has 1 heterocycles. The largest absolute Gasteiger partial charge is 0.530 e. The summed E-state index contributed by atoms with van der Waals surface area (Å²) < 4.78 is 5.92. The van der Waals surface area contributed by atoms with Crippen molar-refractivity contribution in [3.05, 3.63) is 28.3 Å². The van der Waals surface area contributed by atoms with Gasteiger partial charge in [0.2, 0.25) is 0 Å². The summed E-state index contributed by atoms with van der Waals surface area (Å²) in [6, 6.07) is 4.37. The molecule has 0 spiro atoms. The van der Waals surface area contributed by atoms with Crippen LogP contribution in [-0.2, 0) is 0 Å². The molecule has 0 aromatic heterocycles. The maximum atomic E-state index is 9.38. The highest BCUT2D eigenvalue weighted by atomic mass is 35.5. The third-order valence-corrected chi connectivity index (χ3v) is 5.72. The SMILES string of the molecule is CC1c2cc(Cl)c(OCC3CC3)cc2C2CNCC12.CCNC(=O)[O-]. The van der Waals surface area contributed by atoms with Gasteiger partial charge in [0, 0.05) is 19.0 Å². The van der Waals surface area contributed by atoms with Crippen LogP contribution in [-0.4, -0.2) is 32.3 Å². The van der Waals surface area contributed by atoms with Gasteiger partial charge < -0.3 is 25.3 Å². The molecule has 1 aromatic rings. The summed E-state index contributed by atoms with van der Waals surface area (Å²) in [7, 11) is 0. The molecule has 3 aliphatic rings. The van der Waals surface area contributed by atoms with Gasteiger partial charge in [-0.05, 0) is 67.3 Å². The lowest BCUT2D eigenvalue weighted by molar-refractivity contribution is -0.250. The number of halogens is 1. The Balaban J connectivity index is 0.000000265. The Morgan fingerprint density at radius 2 is 2.12 bits per heavy atom. The Kier molecular flexibility index (Phi) is 5.74. The molecule has 0 bridgehead atoms. The molecule has 3 atom stereocenters. The zero-order valence-electron chi connectivity index (χ0n) is 14.8. The van der Waals surface area contributed by atoms with Crippen molar-refractivity contribution in [2.75, 3.05) is 26.2 Å². The molecule has 2 fully saturated rings. The molecule has 1 aromatic carbocycles. The molecule has 6 heteroatoms. The number of hydrogen-bond donors (Lipinski definition) is 2. The molecule has 138 valence electrons. The molecule has 25 heavy (non-hydrogen) atoms. The Labute approximate surface area is 154 Å². The van der Waals surface area contributed by atoms with E-state index in [1.807, 2.05) is 5.32 Å². The van der Waals surface area contributed by atoms with Crippen LogP contribution in [0.4, 0.5) is 4.79 Å². The van der Waals surface area contributed by atoms with Gasteiger partial charge in [-0.3, -0.25) is 0 Å². The average Bonchev–Trinajstić information content (AvgIpc) is 3.21. The Morgan fingerprint density at radius 1 is 1.36 bits per heavy atom. The number of carboxylic acid groups (broad SMARTS) is 1. The van der Waals surface area contributed by atoms with Crippen LogP contribution in [0.15, 0.2) is 12.1 Å². The van der Waals surface area contributed by atoms with Crippen molar-refractivity contribution in [2.45, 2.75) is 38.5 Å². The molecular formula is C19H26ClN2O3-. The van der Waals surface area contributed by atoms with Gasteiger partial charge in [-0.25, -0.2) is 0 Å². The molecule has 5 nitrogen and oxygen atoms in total. The van der Waals surface area contributed by atoms with Crippen molar-refractivity contribution >= 4 is 17.7 Å². The smallest absolute Gasteiger partial charge is 0.138 e. The van der Waals surface area contributed by atoms with Crippen molar-refractivity contribution < 1.29 is 14.6 Å². The van der Waals surface area contributed by atoms with E-state index in [4.69, 9.17) is 16.3 Å². The van der Waals surface area contributed by atoms with Gasteiger partial charge in [0.05, 0.1) is 11.6 Å². The molecule has 1 amide bonds. The first-order valence-corrected chi connectivity index (χ1v) is 9.50. The van der Waals surface area contributed by atoms with Crippen molar-refractivity contribution in [3.8, 4) is 5.75 Å². The lowest BCUT2D eigenvalue weighted by atomic mass is 9.91. The van der Waals surface area contributed by atoms with Crippen LogP contribution in [0.5, 0.6) is 5.75 Å². The van der Waals surface area contributed by atoms with Crippen LogP contribution < -0.4 is 20.5 Å². The molecule has 1 saturated heterocycles. The molecule has 1 saturated carbocycles. The summed E-state index contributed by atoms with van der Waals surface area (Å²) in [6.07, 6.45) is 1.42. The summed E-state index contributed by atoms with van der Waals surface area (Å²) in [5.41, 5.74) is 2.91. The fourth-order valence-corrected chi connectivity index (χ4v) is 4.07. The number of rotatable bonds is 4. The number of fused-ring (bicyclic) bond motifs is 3. The Bertz CT molecular complexity index is 633. The molecule has 2 aliphatic carbocycles. The number of carbonyl (C=O) groups excluding carboxylic acids is 1. The number of hydrogen-bond acceptors (Lipinski definition) is 4. The second kappa shape index (κ2) is 7.83. The average molecular weight is 366 g/mol. The molecular weight excluding hydrogens is 340 g/mol. The first kappa shape index (κ1) is 18.3. The summed E-state index contributed by atoms with van der Waals surface area (Å²) in [5, 5.41) is 15.7. The van der Waals surface area contributed by atoms with E-state index in [1.165, 1.54) is 24.0 Å². The maximum Gasteiger partial charge on any atom is 0.138 e. The zero-order chi connectivity index (χ0) is 18.0. The Morgan fingerprint density at radius 3 is 2.72 bits per heavy atom. The van der Waals surface area contributed by atoms with Crippen molar-refractivity contribution in [1.29, 1.82) is 0 Å². The third kappa shape index (κ3) is 4.21. The highest BCUT2D eigenvalue weighted by Gasteiger charge is 2.41. The molecule has 0 radical (unpaired) electrons. The highest BCUT2D eigenvalue weighted by molar-refractivity contribution is 6.32. The quantitative estimate of drug-likeness (QED) is 0.859.